The molecule has 0 heterocycles. The summed E-state index contributed by atoms with van der Waals surface area (Å²) in [5.74, 6) is 0.320. The molecule has 3 heteroatoms. The van der Waals surface area contributed by atoms with Gasteiger partial charge in [0.15, 0.2) is 0 Å². The molecule has 1 saturated carbocycles. The van der Waals surface area contributed by atoms with Gasteiger partial charge in [0.05, 0.1) is 6.10 Å². The second kappa shape index (κ2) is 5.86. The van der Waals surface area contributed by atoms with Crippen LogP contribution in [0.2, 0.25) is 0 Å². The maximum Gasteiger partial charge on any atom is 0.123 e. The van der Waals surface area contributed by atoms with E-state index in [2.05, 4.69) is 5.32 Å². The Morgan fingerprint density at radius 2 is 1.76 bits per heavy atom. The first kappa shape index (κ1) is 14.1. The summed E-state index contributed by atoms with van der Waals surface area (Å²) in [4.78, 5) is 0. The van der Waals surface area contributed by atoms with Gasteiger partial charge in [-0.2, -0.15) is 0 Å². The zero-order valence-corrected chi connectivity index (χ0v) is 12.1. The van der Waals surface area contributed by atoms with Gasteiger partial charge in [-0.05, 0) is 49.4 Å². The summed E-state index contributed by atoms with van der Waals surface area (Å²) in [6, 6.07) is 15.1. The molecule has 2 N–H and O–H groups in total. The Hall–Kier alpha value is -1.87. The van der Waals surface area contributed by atoms with Crippen molar-refractivity contribution in [1.82, 2.24) is 0 Å². The summed E-state index contributed by atoms with van der Waals surface area (Å²) in [5, 5.41) is 13.3. The van der Waals surface area contributed by atoms with E-state index in [9.17, 15) is 9.50 Å². The first-order chi connectivity index (χ1) is 10.1. The van der Waals surface area contributed by atoms with Gasteiger partial charge in [0, 0.05) is 17.3 Å². The summed E-state index contributed by atoms with van der Waals surface area (Å²) in [7, 11) is 0. The molecule has 110 valence electrons. The highest BCUT2D eigenvalue weighted by Gasteiger charge is 2.30. The van der Waals surface area contributed by atoms with Crippen LogP contribution in [0.25, 0.3) is 0 Å². The lowest BCUT2D eigenvalue weighted by Gasteiger charge is -2.37. The molecule has 1 atom stereocenters. The second-order valence-electron chi connectivity index (χ2n) is 5.82. The lowest BCUT2D eigenvalue weighted by atomic mass is 9.75. The van der Waals surface area contributed by atoms with Crippen molar-refractivity contribution in [3.05, 3.63) is 65.5 Å². The molecule has 3 rings (SSSR count). The molecular formula is C18H20FNO. The summed E-state index contributed by atoms with van der Waals surface area (Å²) in [6.07, 6.45) is 1.61. The van der Waals surface area contributed by atoms with Crippen LogP contribution in [0, 0.1) is 5.82 Å². The van der Waals surface area contributed by atoms with Crippen LogP contribution in [0.5, 0.6) is 0 Å². The molecule has 0 spiro atoms. The number of nitrogens with one attached hydrogen (secondary N) is 1. The topological polar surface area (TPSA) is 32.3 Å². The number of anilines is 1. The number of benzene rings is 2. The summed E-state index contributed by atoms with van der Waals surface area (Å²) < 4.78 is 12.9. The van der Waals surface area contributed by atoms with Crippen molar-refractivity contribution in [2.24, 2.45) is 0 Å². The number of halogens is 1. The average molecular weight is 285 g/mol. The number of hydrogen-bond acceptors (Lipinski definition) is 2. The Kier molecular flexibility index (Phi) is 3.93. The standard InChI is InChI=1S/C18H20FNO/c1-12(21)17-4-2-3-5-18(17)20-16-10-14(11-16)13-6-8-15(19)9-7-13/h2-9,12,14,16,20-21H,10-11H2,1H3. The van der Waals surface area contributed by atoms with Crippen molar-refractivity contribution in [1.29, 1.82) is 0 Å². The van der Waals surface area contributed by atoms with E-state index in [-0.39, 0.29) is 5.82 Å². The molecule has 2 aromatic rings. The van der Waals surface area contributed by atoms with Crippen LogP contribution in [0.15, 0.2) is 48.5 Å². The van der Waals surface area contributed by atoms with Gasteiger partial charge in [-0.25, -0.2) is 4.39 Å². The van der Waals surface area contributed by atoms with E-state index in [0.717, 1.165) is 24.1 Å². The van der Waals surface area contributed by atoms with E-state index in [1.165, 1.54) is 17.7 Å². The number of rotatable bonds is 4. The third-order valence-corrected chi connectivity index (χ3v) is 4.25. The lowest BCUT2D eigenvalue weighted by Crippen LogP contribution is -2.34. The number of para-hydroxylation sites is 1. The third kappa shape index (κ3) is 3.08. The fourth-order valence-electron chi connectivity index (χ4n) is 2.96. The maximum absolute atomic E-state index is 12.9. The fraction of sp³-hybridized carbons (Fsp3) is 0.333. The first-order valence-electron chi connectivity index (χ1n) is 7.42. The minimum atomic E-state index is -0.471. The summed E-state index contributed by atoms with van der Waals surface area (Å²) in [5.41, 5.74) is 3.15. The number of aliphatic hydroxyl groups excluding tert-OH is 1. The third-order valence-electron chi connectivity index (χ3n) is 4.25. The molecule has 21 heavy (non-hydrogen) atoms. The van der Waals surface area contributed by atoms with Crippen molar-refractivity contribution in [3.63, 3.8) is 0 Å². The molecule has 0 amide bonds. The summed E-state index contributed by atoms with van der Waals surface area (Å²) >= 11 is 0. The molecule has 0 radical (unpaired) electrons. The predicted molar refractivity (Wildman–Crippen MR) is 82.9 cm³/mol. The Morgan fingerprint density at radius 1 is 1.10 bits per heavy atom. The van der Waals surface area contributed by atoms with Gasteiger partial charge in [-0.15, -0.1) is 0 Å². The Bertz CT molecular complexity index is 603. The van der Waals surface area contributed by atoms with Gasteiger partial charge in [-0.3, -0.25) is 0 Å². The normalized spacial score (nSPS) is 22.4. The Labute approximate surface area is 124 Å². The van der Waals surface area contributed by atoms with E-state index in [1.54, 1.807) is 6.92 Å². The van der Waals surface area contributed by atoms with Crippen LogP contribution < -0.4 is 5.32 Å². The van der Waals surface area contributed by atoms with Crippen LogP contribution in [-0.4, -0.2) is 11.1 Å². The molecule has 2 nitrogen and oxygen atoms in total. The van der Waals surface area contributed by atoms with Gasteiger partial charge >= 0.3 is 0 Å². The van der Waals surface area contributed by atoms with Crippen molar-refractivity contribution in [2.45, 2.75) is 37.8 Å². The average Bonchev–Trinajstić information content (AvgIpc) is 2.44. The SMILES string of the molecule is CC(O)c1ccccc1NC1CC(c2ccc(F)cc2)C1. The maximum atomic E-state index is 12.9. The van der Waals surface area contributed by atoms with Gasteiger partial charge < -0.3 is 10.4 Å². The van der Waals surface area contributed by atoms with Crippen molar-refractivity contribution >= 4 is 5.69 Å². The van der Waals surface area contributed by atoms with E-state index in [4.69, 9.17) is 0 Å². The minimum absolute atomic E-state index is 0.182. The predicted octanol–water partition coefficient (Wildman–Crippen LogP) is 4.24. The molecule has 1 unspecified atom stereocenters. The zero-order chi connectivity index (χ0) is 14.8. The molecule has 2 aromatic carbocycles. The molecule has 0 aliphatic heterocycles. The molecule has 1 fully saturated rings. The molecule has 1 aliphatic carbocycles. The highest BCUT2D eigenvalue weighted by Crippen LogP contribution is 2.39. The van der Waals surface area contributed by atoms with E-state index in [1.807, 2.05) is 36.4 Å². The van der Waals surface area contributed by atoms with Crippen molar-refractivity contribution < 1.29 is 9.50 Å². The largest absolute Gasteiger partial charge is 0.389 e. The van der Waals surface area contributed by atoms with Gasteiger partial charge in [0.1, 0.15) is 5.82 Å². The van der Waals surface area contributed by atoms with Crippen LogP contribution in [0.4, 0.5) is 10.1 Å². The Morgan fingerprint density at radius 3 is 2.43 bits per heavy atom. The van der Waals surface area contributed by atoms with Crippen molar-refractivity contribution in [2.75, 3.05) is 5.32 Å². The minimum Gasteiger partial charge on any atom is -0.389 e. The molecule has 0 bridgehead atoms. The molecular weight excluding hydrogens is 265 g/mol. The first-order valence-corrected chi connectivity index (χ1v) is 7.42. The second-order valence-corrected chi connectivity index (χ2v) is 5.82. The highest BCUT2D eigenvalue weighted by atomic mass is 19.1. The van der Waals surface area contributed by atoms with Crippen LogP contribution in [0.3, 0.4) is 0 Å². The van der Waals surface area contributed by atoms with Crippen LogP contribution in [0.1, 0.15) is 42.9 Å². The van der Waals surface area contributed by atoms with Gasteiger partial charge in [-0.1, -0.05) is 30.3 Å². The van der Waals surface area contributed by atoms with Gasteiger partial charge in [0.2, 0.25) is 0 Å². The Balaban J connectivity index is 1.61. The monoisotopic (exact) mass is 285 g/mol. The van der Waals surface area contributed by atoms with Gasteiger partial charge in [0.25, 0.3) is 0 Å². The van der Waals surface area contributed by atoms with E-state index >= 15 is 0 Å². The number of hydrogen-bond donors (Lipinski definition) is 2. The molecule has 1 aliphatic rings. The zero-order valence-electron chi connectivity index (χ0n) is 12.1. The van der Waals surface area contributed by atoms with E-state index < -0.39 is 6.10 Å². The number of aliphatic hydroxyl groups is 1. The smallest absolute Gasteiger partial charge is 0.123 e. The van der Waals surface area contributed by atoms with Crippen LogP contribution >= 0.6 is 0 Å². The van der Waals surface area contributed by atoms with Crippen LogP contribution in [-0.2, 0) is 0 Å². The highest BCUT2D eigenvalue weighted by molar-refractivity contribution is 5.53. The quantitative estimate of drug-likeness (QED) is 0.880. The molecule has 0 saturated heterocycles. The molecule has 0 aromatic heterocycles. The summed E-state index contributed by atoms with van der Waals surface area (Å²) in [6.45, 7) is 1.78. The van der Waals surface area contributed by atoms with Crippen molar-refractivity contribution in [3.8, 4) is 0 Å². The fourth-order valence-corrected chi connectivity index (χ4v) is 2.96. The lowest BCUT2D eigenvalue weighted by molar-refractivity contribution is 0.199. The van der Waals surface area contributed by atoms with E-state index in [0.29, 0.717) is 12.0 Å².